The molecule has 0 saturated carbocycles. The van der Waals surface area contributed by atoms with E-state index in [2.05, 4.69) is 0 Å². The summed E-state index contributed by atoms with van der Waals surface area (Å²) in [6.45, 7) is 0.547. The van der Waals surface area contributed by atoms with Crippen molar-refractivity contribution < 1.29 is 57.3 Å². The molecule has 4 fully saturated rings. The monoisotopic (exact) mass is 756 g/mol. The first-order valence-corrected chi connectivity index (χ1v) is 18.5. The second-order valence-corrected chi connectivity index (χ2v) is 13.8. The molecule has 4 aromatic carbocycles. The molecule has 1 N–H and O–H groups in total. The molecule has 0 spiro atoms. The molecular weight excluding hydrogens is 708 g/mol. The zero-order chi connectivity index (χ0) is 38.0. The Labute approximate surface area is 321 Å². The van der Waals surface area contributed by atoms with Crippen LogP contribution in [-0.2, 0) is 78.6 Å². The maximum absolute atomic E-state index is 13.9. The number of aliphatic hydroxyl groups is 1. The molecule has 0 aliphatic carbocycles. The van der Waals surface area contributed by atoms with E-state index in [1.807, 2.05) is 121 Å². The van der Waals surface area contributed by atoms with Crippen LogP contribution in [0.5, 0.6) is 0 Å². The van der Waals surface area contributed by atoms with E-state index in [0.717, 1.165) is 22.3 Å². The topological polar surface area (TPSA) is 130 Å². The first-order chi connectivity index (χ1) is 27.0. The van der Waals surface area contributed by atoms with Gasteiger partial charge in [-0.2, -0.15) is 0 Å². The zero-order valence-electron chi connectivity index (χ0n) is 30.9. The molecule has 4 aliphatic rings. The fourth-order valence-corrected chi connectivity index (χ4v) is 7.19. The van der Waals surface area contributed by atoms with Crippen molar-refractivity contribution in [1.82, 2.24) is 0 Å². The fraction of sp³-hybridized carbons (Fsp3) is 0.419. The van der Waals surface area contributed by atoms with Gasteiger partial charge in [-0.05, 0) is 22.3 Å². The molecule has 292 valence electrons. The van der Waals surface area contributed by atoms with Crippen molar-refractivity contribution in [3.63, 3.8) is 0 Å². The molecule has 10 atom stereocenters. The fourth-order valence-electron chi connectivity index (χ4n) is 7.19. The number of rotatable bonds is 17. The van der Waals surface area contributed by atoms with Crippen LogP contribution in [0.3, 0.4) is 0 Å². The van der Waals surface area contributed by atoms with Crippen molar-refractivity contribution in [3.8, 4) is 0 Å². The van der Waals surface area contributed by atoms with Gasteiger partial charge in [0.1, 0.15) is 49.3 Å². The van der Waals surface area contributed by atoms with E-state index in [1.54, 1.807) is 7.11 Å². The summed E-state index contributed by atoms with van der Waals surface area (Å²) in [5.41, 5.74) is 1.68. The Balaban J connectivity index is 1.19. The van der Waals surface area contributed by atoms with Crippen molar-refractivity contribution in [2.24, 2.45) is 0 Å². The maximum Gasteiger partial charge on any atom is 0.344 e. The van der Waals surface area contributed by atoms with E-state index >= 15 is 0 Å². The lowest BCUT2D eigenvalue weighted by molar-refractivity contribution is -0.411. The average Bonchev–Trinajstić information content (AvgIpc) is 3.24. The Morgan fingerprint density at radius 3 is 1.73 bits per heavy atom. The minimum absolute atomic E-state index is 0.0321. The lowest BCUT2D eigenvalue weighted by Gasteiger charge is -2.55. The SMILES string of the molecule is CO[C@H]1O[C@H](COCc2ccccc2)[C@@H](O[C@@H]2O[C@@]3(C(=O)OCc4ccccc4)CO[C@@H]2[C@@H](OC)[C@@H]3O)[C@H](OCc2ccccc2)[C@H]1OCc1ccccc1. The average molecular weight is 757 g/mol. The van der Waals surface area contributed by atoms with Gasteiger partial charge in [0.15, 0.2) is 12.6 Å². The molecule has 12 heteroatoms. The second kappa shape index (κ2) is 18.7. The smallest absolute Gasteiger partial charge is 0.344 e. The number of aliphatic hydroxyl groups excluding tert-OH is 1. The van der Waals surface area contributed by atoms with Crippen molar-refractivity contribution >= 4 is 5.97 Å². The molecule has 12 nitrogen and oxygen atoms in total. The molecule has 0 amide bonds. The molecule has 55 heavy (non-hydrogen) atoms. The van der Waals surface area contributed by atoms with Gasteiger partial charge in [-0.1, -0.05) is 121 Å². The number of hydrogen-bond donors (Lipinski definition) is 1. The van der Waals surface area contributed by atoms with E-state index in [4.69, 9.17) is 47.4 Å². The van der Waals surface area contributed by atoms with Gasteiger partial charge < -0.3 is 52.5 Å². The number of benzene rings is 4. The standard InChI is InChI=1S/C43H48O12/c1-46-36-38-41(55-43(28-52-38,39(36)44)42(45)51-26-32-21-13-6-14-22-32)54-34-33(27-48-23-29-15-7-3-8-16-29)53-40(47-2)37(50-25-31-19-11-5-12-20-31)35(34)49-24-30-17-9-4-10-18-30/h3-22,33-41,44H,23-28H2,1-2H3/t33-,34-,35+,36-,37-,38-,39+,40+,41-,43+/m1/s1. The highest BCUT2D eigenvalue weighted by molar-refractivity contribution is 5.81. The Hall–Kier alpha value is -4.05. The van der Waals surface area contributed by atoms with Gasteiger partial charge >= 0.3 is 5.97 Å². The lowest BCUT2D eigenvalue weighted by atomic mass is 9.84. The normalized spacial score (nSPS) is 30.2. The Kier molecular flexibility index (Phi) is 13.3. The zero-order valence-corrected chi connectivity index (χ0v) is 30.9. The summed E-state index contributed by atoms with van der Waals surface area (Å²) in [4.78, 5) is 13.9. The highest BCUT2D eigenvalue weighted by Crippen LogP contribution is 2.42. The maximum atomic E-state index is 13.9. The largest absolute Gasteiger partial charge is 0.459 e. The molecule has 4 aromatic rings. The quantitative estimate of drug-likeness (QED) is 0.150. The first kappa shape index (κ1) is 39.2. The number of methoxy groups -OCH3 is 2. The summed E-state index contributed by atoms with van der Waals surface area (Å²) in [6.07, 6.45) is -8.73. The summed E-state index contributed by atoms with van der Waals surface area (Å²) in [6, 6.07) is 38.5. The molecule has 4 saturated heterocycles. The number of esters is 1. The number of ether oxygens (including phenoxy) is 10. The van der Waals surface area contributed by atoms with Gasteiger partial charge in [-0.25, -0.2) is 4.79 Å². The van der Waals surface area contributed by atoms with Crippen LogP contribution in [0.4, 0.5) is 0 Å². The predicted molar refractivity (Wildman–Crippen MR) is 197 cm³/mol. The molecule has 4 aliphatic heterocycles. The van der Waals surface area contributed by atoms with Crippen LogP contribution in [0.1, 0.15) is 22.3 Å². The summed E-state index contributed by atoms with van der Waals surface area (Å²) >= 11 is 0. The minimum Gasteiger partial charge on any atom is -0.459 e. The Morgan fingerprint density at radius 1 is 0.655 bits per heavy atom. The van der Waals surface area contributed by atoms with Gasteiger partial charge in [0.2, 0.25) is 5.60 Å². The summed E-state index contributed by atoms with van der Waals surface area (Å²) in [7, 11) is 2.98. The number of carbonyl (C=O) groups excluding carboxylic acids is 1. The van der Waals surface area contributed by atoms with Gasteiger partial charge in [-0.3, -0.25) is 0 Å². The number of carbonyl (C=O) groups is 1. The molecule has 8 rings (SSSR count). The van der Waals surface area contributed by atoms with Crippen molar-refractivity contribution in [2.75, 3.05) is 27.4 Å². The van der Waals surface area contributed by atoms with Crippen LogP contribution in [0, 0.1) is 0 Å². The number of hydrogen-bond acceptors (Lipinski definition) is 12. The third-order valence-electron chi connectivity index (χ3n) is 10.1. The van der Waals surface area contributed by atoms with E-state index in [-0.39, 0.29) is 33.0 Å². The van der Waals surface area contributed by atoms with Crippen LogP contribution in [0.2, 0.25) is 0 Å². The number of fused-ring (bicyclic) bond motifs is 3. The van der Waals surface area contributed by atoms with Crippen LogP contribution in [0.25, 0.3) is 0 Å². The second-order valence-electron chi connectivity index (χ2n) is 13.8. The van der Waals surface area contributed by atoms with E-state index in [1.165, 1.54) is 7.11 Å². The summed E-state index contributed by atoms with van der Waals surface area (Å²) in [5, 5.41) is 11.5. The van der Waals surface area contributed by atoms with E-state index in [9.17, 15) is 9.90 Å². The van der Waals surface area contributed by atoms with Crippen LogP contribution in [0.15, 0.2) is 121 Å². The van der Waals surface area contributed by atoms with Crippen LogP contribution < -0.4 is 0 Å². The lowest BCUT2D eigenvalue weighted by Crippen LogP contribution is -2.76. The predicted octanol–water partition coefficient (Wildman–Crippen LogP) is 4.74. The van der Waals surface area contributed by atoms with Crippen molar-refractivity contribution in [3.05, 3.63) is 144 Å². The van der Waals surface area contributed by atoms with Crippen molar-refractivity contribution in [2.45, 2.75) is 87.3 Å². The third-order valence-corrected chi connectivity index (χ3v) is 10.1. The molecule has 4 heterocycles. The molecular formula is C43H48O12. The minimum atomic E-state index is -1.94. The molecule has 0 unspecified atom stereocenters. The van der Waals surface area contributed by atoms with Gasteiger partial charge in [0, 0.05) is 14.2 Å². The first-order valence-electron chi connectivity index (χ1n) is 18.5. The molecule has 0 aromatic heterocycles. The molecule has 0 radical (unpaired) electrons. The van der Waals surface area contributed by atoms with Gasteiger partial charge in [0.05, 0.1) is 33.0 Å². The van der Waals surface area contributed by atoms with Crippen molar-refractivity contribution in [1.29, 1.82) is 0 Å². The summed E-state index contributed by atoms with van der Waals surface area (Å²) in [5.74, 6) is -0.805. The molecule has 2 bridgehead atoms. The van der Waals surface area contributed by atoms with Crippen LogP contribution in [-0.4, -0.2) is 99.4 Å². The van der Waals surface area contributed by atoms with Gasteiger partial charge in [0.25, 0.3) is 0 Å². The van der Waals surface area contributed by atoms with Crippen LogP contribution >= 0.6 is 0 Å². The van der Waals surface area contributed by atoms with E-state index in [0.29, 0.717) is 6.61 Å². The van der Waals surface area contributed by atoms with E-state index < -0.39 is 66.9 Å². The Morgan fingerprint density at radius 2 is 1.18 bits per heavy atom. The van der Waals surface area contributed by atoms with Gasteiger partial charge in [-0.15, -0.1) is 0 Å². The highest BCUT2D eigenvalue weighted by atomic mass is 16.8. The third kappa shape index (κ3) is 9.16. The Bertz CT molecular complexity index is 1750. The highest BCUT2D eigenvalue weighted by Gasteiger charge is 2.66. The summed E-state index contributed by atoms with van der Waals surface area (Å²) < 4.78 is 63.0.